The van der Waals surface area contributed by atoms with Crippen LogP contribution in [-0.2, 0) is 4.79 Å². The highest BCUT2D eigenvalue weighted by molar-refractivity contribution is 6.04. The summed E-state index contributed by atoms with van der Waals surface area (Å²) in [4.78, 5) is 38.7. The van der Waals surface area contributed by atoms with Crippen LogP contribution in [-0.4, -0.2) is 59.4 Å². The van der Waals surface area contributed by atoms with Crippen LogP contribution in [0.15, 0.2) is 34.9 Å². The molecular weight excluding hydrogens is 324 g/mol. The highest BCUT2D eigenvalue weighted by Gasteiger charge is 2.21. The number of hydrogen-bond donors (Lipinski definition) is 1. The third-order valence-corrected chi connectivity index (χ3v) is 4.01. The Morgan fingerprint density at radius 2 is 1.76 bits per heavy atom. The topological polar surface area (TPSA) is 95.8 Å². The summed E-state index contributed by atoms with van der Waals surface area (Å²) < 4.78 is 4.89. The fraction of sp³-hybridized carbons (Fsp3) is 0.294. The van der Waals surface area contributed by atoms with Crippen LogP contribution in [0.2, 0.25) is 0 Å². The van der Waals surface area contributed by atoms with Gasteiger partial charge in [0.1, 0.15) is 5.76 Å². The van der Waals surface area contributed by atoms with E-state index < -0.39 is 0 Å². The number of aryl methyl sites for hydroxylation is 1. The smallest absolute Gasteiger partial charge is 0.256 e. The monoisotopic (exact) mass is 342 g/mol. The van der Waals surface area contributed by atoms with Crippen molar-refractivity contribution >= 4 is 24.0 Å². The number of anilines is 1. The van der Waals surface area contributed by atoms with Crippen LogP contribution in [0.5, 0.6) is 0 Å². The van der Waals surface area contributed by atoms with Crippen LogP contribution in [0.3, 0.4) is 0 Å². The molecule has 8 heteroatoms. The molecule has 0 saturated carbocycles. The standard InChI is InChI=1S/C17H18N4O4/c1-12-10-15(19-25-12)18-16(23)13-2-4-14(5-3-13)17(24)21-8-6-20(11-22)7-9-21/h2-5,10-11H,6-9H2,1H3,(H,18,19,23). The van der Waals surface area contributed by atoms with Gasteiger partial charge < -0.3 is 19.6 Å². The lowest BCUT2D eigenvalue weighted by molar-refractivity contribution is -0.119. The van der Waals surface area contributed by atoms with Crippen LogP contribution in [0.4, 0.5) is 5.82 Å². The maximum Gasteiger partial charge on any atom is 0.256 e. The Labute approximate surface area is 144 Å². The van der Waals surface area contributed by atoms with Crippen LogP contribution in [0.25, 0.3) is 0 Å². The Morgan fingerprint density at radius 3 is 2.32 bits per heavy atom. The zero-order chi connectivity index (χ0) is 17.8. The molecule has 1 aromatic carbocycles. The van der Waals surface area contributed by atoms with Crippen molar-refractivity contribution in [2.24, 2.45) is 0 Å². The van der Waals surface area contributed by atoms with Crippen LogP contribution in [0.1, 0.15) is 26.5 Å². The molecule has 0 aliphatic carbocycles. The fourth-order valence-electron chi connectivity index (χ4n) is 2.59. The van der Waals surface area contributed by atoms with Gasteiger partial charge >= 0.3 is 0 Å². The molecule has 2 heterocycles. The van der Waals surface area contributed by atoms with Crippen LogP contribution in [0, 0.1) is 6.92 Å². The van der Waals surface area contributed by atoms with E-state index in [1.165, 1.54) is 0 Å². The molecule has 1 fully saturated rings. The van der Waals surface area contributed by atoms with Crippen molar-refractivity contribution in [2.75, 3.05) is 31.5 Å². The quantitative estimate of drug-likeness (QED) is 0.841. The summed E-state index contributed by atoms with van der Waals surface area (Å²) in [7, 11) is 0. The lowest BCUT2D eigenvalue weighted by atomic mass is 10.1. The first-order chi connectivity index (χ1) is 12.1. The summed E-state index contributed by atoms with van der Waals surface area (Å²) in [5.41, 5.74) is 0.927. The van der Waals surface area contributed by atoms with Crippen molar-refractivity contribution in [3.05, 3.63) is 47.2 Å². The van der Waals surface area contributed by atoms with Gasteiger partial charge in [0.25, 0.3) is 11.8 Å². The SMILES string of the molecule is Cc1cc(NC(=O)c2ccc(C(=O)N3CCN(C=O)CC3)cc2)no1. The highest BCUT2D eigenvalue weighted by atomic mass is 16.5. The number of amides is 3. The molecule has 1 aromatic heterocycles. The van der Waals surface area contributed by atoms with Gasteiger partial charge in [-0.25, -0.2) is 0 Å². The minimum absolute atomic E-state index is 0.107. The molecule has 3 rings (SSSR count). The molecule has 0 spiro atoms. The minimum atomic E-state index is -0.327. The number of hydrogen-bond acceptors (Lipinski definition) is 5. The van der Waals surface area contributed by atoms with Crippen molar-refractivity contribution in [3.63, 3.8) is 0 Å². The maximum atomic E-state index is 12.5. The van der Waals surface area contributed by atoms with E-state index in [1.54, 1.807) is 47.1 Å². The summed E-state index contributed by atoms with van der Waals surface area (Å²) in [6.45, 7) is 3.81. The average Bonchev–Trinajstić information content (AvgIpc) is 3.06. The van der Waals surface area contributed by atoms with Crippen molar-refractivity contribution in [2.45, 2.75) is 6.92 Å². The Morgan fingerprint density at radius 1 is 1.12 bits per heavy atom. The molecular formula is C17H18N4O4. The van der Waals surface area contributed by atoms with Crippen molar-refractivity contribution in [1.82, 2.24) is 15.0 Å². The van der Waals surface area contributed by atoms with E-state index in [0.29, 0.717) is 48.9 Å². The van der Waals surface area contributed by atoms with Gasteiger partial charge in [-0.05, 0) is 31.2 Å². The van der Waals surface area contributed by atoms with Crippen molar-refractivity contribution in [1.29, 1.82) is 0 Å². The van der Waals surface area contributed by atoms with E-state index in [1.807, 2.05) is 0 Å². The van der Waals surface area contributed by atoms with E-state index in [2.05, 4.69) is 10.5 Å². The summed E-state index contributed by atoms with van der Waals surface area (Å²) in [6.07, 6.45) is 0.797. The third-order valence-electron chi connectivity index (χ3n) is 4.01. The molecule has 0 unspecified atom stereocenters. The van der Waals surface area contributed by atoms with Gasteiger partial charge in [-0.3, -0.25) is 14.4 Å². The summed E-state index contributed by atoms with van der Waals surface area (Å²) >= 11 is 0. The zero-order valence-electron chi connectivity index (χ0n) is 13.8. The van der Waals surface area contributed by atoms with Crippen molar-refractivity contribution in [3.8, 4) is 0 Å². The Kier molecular flexibility index (Phi) is 4.78. The first kappa shape index (κ1) is 16.7. The number of rotatable bonds is 4. The second kappa shape index (κ2) is 7.16. The van der Waals surface area contributed by atoms with Gasteiger partial charge in [0.15, 0.2) is 5.82 Å². The number of carbonyl (C=O) groups excluding carboxylic acids is 3. The Balaban J connectivity index is 1.62. The molecule has 0 radical (unpaired) electrons. The molecule has 130 valence electrons. The molecule has 25 heavy (non-hydrogen) atoms. The lowest BCUT2D eigenvalue weighted by Crippen LogP contribution is -2.48. The van der Waals surface area contributed by atoms with Gasteiger partial charge in [-0.1, -0.05) is 5.16 Å². The van der Waals surface area contributed by atoms with Crippen LogP contribution < -0.4 is 5.32 Å². The van der Waals surface area contributed by atoms with E-state index in [-0.39, 0.29) is 11.8 Å². The first-order valence-corrected chi connectivity index (χ1v) is 7.90. The van der Waals surface area contributed by atoms with E-state index >= 15 is 0 Å². The molecule has 0 atom stereocenters. The Bertz CT molecular complexity index is 776. The predicted molar refractivity (Wildman–Crippen MR) is 89.2 cm³/mol. The predicted octanol–water partition coefficient (Wildman–Crippen LogP) is 1.15. The van der Waals surface area contributed by atoms with Gasteiger partial charge in [0.05, 0.1) is 0 Å². The number of aromatic nitrogens is 1. The second-order valence-electron chi connectivity index (χ2n) is 5.79. The molecule has 0 bridgehead atoms. The molecule has 3 amide bonds. The number of benzene rings is 1. The number of nitrogens with one attached hydrogen (secondary N) is 1. The Hall–Kier alpha value is -3.16. The van der Waals surface area contributed by atoms with E-state index in [0.717, 1.165) is 6.41 Å². The highest BCUT2D eigenvalue weighted by Crippen LogP contribution is 2.13. The van der Waals surface area contributed by atoms with Gasteiger partial charge in [-0.2, -0.15) is 0 Å². The third kappa shape index (κ3) is 3.85. The summed E-state index contributed by atoms with van der Waals surface area (Å²) in [5, 5.41) is 6.33. The molecule has 1 aliphatic rings. The van der Waals surface area contributed by atoms with Gasteiger partial charge in [0, 0.05) is 43.4 Å². The lowest BCUT2D eigenvalue weighted by Gasteiger charge is -2.32. The minimum Gasteiger partial charge on any atom is -0.360 e. The molecule has 2 aromatic rings. The molecule has 1 N–H and O–H groups in total. The number of carbonyl (C=O) groups is 3. The fourth-order valence-corrected chi connectivity index (χ4v) is 2.59. The van der Waals surface area contributed by atoms with Gasteiger partial charge in [0.2, 0.25) is 6.41 Å². The number of nitrogens with zero attached hydrogens (tertiary/aromatic N) is 3. The van der Waals surface area contributed by atoms with E-state index in [4.69, 9.17) is 4.52 Å². The maximum absolute atomic E-state index is 12.5. The summed E-state index contributed by atoms with van der Waals surface area (Å²) in [6, 6.07) is 8.05. The largest absolute Gasteiger partial charge is 0.360 e. The normalized spacial score (nSPS) is 14.3. The van der Waals surface area contributed by atoms with Crippen molar-refractivity contribution < 1.29 is 18.9 Å². The molecule has 1 saturated heterocycles. The van der Waals surface area contributed by atoms with Crippen LogP contribution >= 0.6 is 0 Å². The summed E-state index contributed by atoms with van der Waals surface area (Å²) in [5.74, 6) is 0.512. The average molecular weight is 342 g/mol. The van der Waals surface area contributed by atoms with Gasteiger partial charge in [-0.15, -0.1) is 0 Å². The molecule has 8 nitrogen and oxygen atoms in total. The molecule has 1 aliphatic heterocycles. The first-order valence-electron chi connectivity index (χ1n) is 7.90. The van der Waals surface area contributed by atoms with E-state index in [9.17, 15) is 14.4 Å². The zero-order valence-corrected chi connectivity index (χ0v) is 13.8. The number of piperazine rings is 1. The second-order valence-corrected chi connectivity index (χ2v) is 5.79.